The summed E-state index contributed by atoms with van der Waals surface area (Å²) in [6.45, 7) is 6.23. The lowest BCUT2D eigenvalue weighted by Gasteiger charge is -2.01. The first kappa shape index (κ1) is 15.1. The quantitative estimate of drug-likeness (QED) is 0.776. The van der Waals surface area contributed by atoms with Gasteiger partial charge in [-0.2, -0.15) is 0 Å². The Balaban J connectivity index is 1.93. The van der Waals surface area contributed by atoms with Crippen molar-refractivity contribution < 1.29 is 4.42 Å². The molecule has 0 unspecified atom stereocenters. The largest absolute Gasteiger partial charge is 0.441 e. The minimum atomic E-state index is 0.774. The summed E-state index contributed by atoms with van der Waals surface area (Å²) in [7, 11) is 0. The number of nitrogens with one attached hydrogen (secondary N) is 1. The molecule has 1 aromatic carbocycles. The molecule has 0 saturated heterocycles. The molecule has 0 aliphatic rings. The molecule has 0 amide bonds. The Hall–Kier alpha value is -1.32. The maximum absolute atomic E-state index is 6.03. The van der Waals surface area contributed by atoms with Gasteiger partial charge in [-0.25, -0.2) is 4.98 Å². The second-order valence-corrected chi connectivity index (χ2v) is 5.34. The van der Waals surface area contributed by atoms with E-state index in [0.29, 0.717) is 0 Å². The fourth-order valence-corrected chi connectivity index (χ4v) is 2.14. The van der Waals surface area contributed by atoms with E-state index in [9.17, 15) is 0 Å². The monoisotopic (exact) mass is 292 g/mol. The van der Waals surface area contributed by atoms with Gasteiger partial charge in [-0.15, -0.1) is 0 Å². The molecule has 3 nitrogen and oxygen atoms in total. The highest BCUT2D eigenvalue weighted by Crippen LogP contribution is 2.25. The van der Waals surface area contributed by atoms with Gasteiger partial charge in [-0.1, -0.05) is 18.5 Å². The molecule has 0 aliphatic carbocycles. The van der Waals surface area contributed by atoms with Crippen LogP contribution in [0.1, 0.15) is 31.2 Å². The van der Waals surface area contributed by atoms with Gasteiger partial charge in [0.2, 0.25) is 0 Å². The fraction of sp³-hybridized carbons (Fsp3) is 0.438. The molecule has 0 saturated carbocycles. The zero-order valence-electron chi connectivity index (χ0n) is 12.1. The van der Waals surface area contributed by atoms with E-state index in [0.717, 1.165) is 53.7 Å². The Morgan fingerprint density at radius 1 is 1.30 bits per heavy atom. The molecule has 0 radical (unpaired) electrons. The Labute approximate surface area is 125 Å². The van der Waals surface area contributed by atoms with Crippen LogP contribution in [-0.4, -0.2) is 18.1 Å². The maximum atomic E-state index is 6.03. The predicted molar refractivity (Wildman–Crippen MR) is 83.2 cm³/mol. The van der Waals surface area contributed by atoms with Gasteiger partial charge in [0.25, 0.3) is 0 Å². The van der Waals surface area contributed by atoms with E-state index in [1.54, 1.807) is 6.20 Å². The van der Waals surface area contributed by atoms with E-state index in [4.69, 9.17) is 16.0 Å². The number of oxazole rings is 1. The van der Waals surface area contributed by atoms with Gasteiger partial charge in [0.15, 0.2) is 11.7 Å². The van der Waals surface area contributed by atoms with Crippen molar-refractivity contribution in [2.75, 3.05) is 13.1 Å². The van der Waals surface area contributed by atoms with Crippen LogP contribution < -0.4 is 5.32 Å². The average Bonchev–Trinajstić information content (AvgIpc) is 2.90. The molecular formula is C16H21ClN2O. The molecule has 0 atom stereocenters. The van der Waals surface area contributed by atoms with Crippen LogP contribution in [0.15, 0.2) is 28.8 Å². The van der Waals surface area contributed by atoms with Gasteiger partial charge >= 0.3 is 0 Å². The molecule has 2 rings (SSSR count). The lowest BCUT2D eigenvalue weighted by molar-refractivity contribution is 0.491. The average molecular weight is 293 g/mol. The zero-order chi connectivity index (χ0) is 14.4. The van der Waals surface area contributed by atoms with Gasteiger partial charge in [0.1, 0.15) is 0 Å². The van der Waals surface area contributed by atoms with Gasteiger partial charge < -0.3 is 9.73 Å². The first-order valence-corrected chi connectivity index (χ1v) is 7.50. The van der Waals surface area contributed by atoms with Crippen LogP contribution in [0.5, 0.6) is 0 Å². The van der Waals surface area contributed by atoms with E-state index < -0.39 is 0 Å². The second-order valence-electron chi connectivity index (χ2n) is 4.94. The molecule has 20 heavy (non-hydrogen) atoms. The SMILES string of the molecule is CCCNCCCc1ncc(-c2ccc(Cl)c(C)c2)o1. The van der Waals surface area contributed by atoms with Crippen molar-refractivity contribution in [3.8, 4) is 11.3 Å². The molecule has 2 aromatic rings. The first-order valence-electron chi connectivity index (χ1n) is 7.12. The summed E-state index contributed by atoms with van der Waals surface area (Å²) >= 11 is 6.03. The fourth-order valence-electron chi connectivity index (χ4n) is 2.02. The van der Waals surface area contributed by atoms with Crippen LogP contribution in [0.4, 0.5) is 0 Å². The standard InChI is InChI=1S/C16H21ClN2O/c1-3-8-18-9-4-5-16-19-11-15(20-16)13-6-7-14(17)12(2)10-13/h6-7,10-11,18H,3-5,8-9H2,1-2H3. The topological polar surface area (TPSA) is 38.1 Å². The number of halogens is 1. The van der Waals surface area contributed by atoms with Crippen molar-refractivity contribution in [3.05, 3.63) is 40.9 Å². The lowest BCUT2D eigenvalue weighted by Crippen LogP contribution is -2.16. The molecule has 0 bridgehead atoms. The molecule has 0 fully saturated rings. The molecule has 0 aliphatic heterocycles. The van der Waals surface area contributed by atoms with E-state index in [-0.39, 0.29) is 0 Å². The van der Waals surface area contributed by atoms with E-state index in [1.807, 2.05) is 25.1 Å². The Morgan fingerprint density at radius 2 is 2.15 bits per heavy atom. The van der Waals surface area contributed by atoms with Crippen LogP contribution >= 0.6 is 11.6 Å². The van der Waals surface area contributed by atoms with Crippen molar-refractivity contribution >= 4 is 11.6 Å². The highest BCUT2D eigenvalue weighted by atomic mass is 35.5. The molecule has 1 heterocycles. The summed E-state index contributed by atoms with van der Waals surface area (Å²) in [5.41, 5.74) is 2.07. The van der Waals surface area contributed by atoms with Crippen molar-refractivity contribution in [3.63, 3.8) is 0 Å². The summed E-state index contributed by atoms with van der Waals surface area (Å²) in [6, 6.07) is 5.88. The minimum absolute atomic E-state index is 0.774. The first-order chi connectivity index (χ1) is 9.70. The Morgan fingerprint density at radius 3 is 2.90 bits per heavy atom. The van der Waals surface area contributed by atoms with Gasteiger partial charge in [-0.05, 0) is 56.6 Å². The van der Waals surface area contributed by atoms with E-state index in [1.165, 1.54) is 6.42 Å². The summed E-state index contributed by atoms with van der Waals surface area (Å²) in [4.78, 5) is 4.34. The van der Waals surface area contributed by atoms with E-state index in [2.05, 4.69) is 17.2 Å². The van der Waals surface area contributed by atoms with E-state index >= 15 is 0 Å². The van der Waals surface area contributed by atoms with Crippen LogP contribution in [0.25, 0.3) is 11.3 Å². The number of hydrogen-bond acceptors (Lipinski definition) is 3. The normalized spacial score (nSPS) is 10.9. The summed E-state index contributed by atoms with van der Waals surface area (Å²) < 4.78 is 5.79. The second kappa shape index (κ2) is 7.46. The highest BCUT2D eigenvalue weighted by Gasteiger charge is 2.07. The Kier molecular flexibility index (Phi) is 5.62. The van der Waals surface area contributed by atoms with Crippen molar-refractivity contribution in [1.82, 2.24) is 10.3 Å². The van der Waals surface area contributed by atoms with Crippen molar-refractivity contribution in [1.29, 1.82) is 0 Å². The summed E-state index contributed by atoms with van der Waals surface area (Å²) in [5.74, 6) is 1.60. The third-order valence-electron chi connectivity index (χ3n) is 3.17. The number of aromatic nitrogens is 1. The minimum Gasteiger partial charge on any atom is -0.441 e. The van der Waals surface area contributed by atoms with Crippen LogP contribution in [0.2, 0.25) is 5.02 Å². The number of rotatable bonds is 7. The Bertz CT molecular complexity index is 551. The number of aryl methyl sites for hydroxylation is 2. The van der Waals surface area contributed by atoms with Crippen molar-refractivity contribution in [2.45, 2.75) is 33.1 Å². The molecular weight excluding hydrogens is 272 g/mol. The third-order valence-corrected chi connectivity index (χ3v) is 3.59. The van der Waals surface area contributed by atoms with Gasteiger partial charge in [-0.3, -0.25) is 0 Å². The number of hydrogen-bond donors (Lipinski definition) is 1. The lowest BCUT2D eigenvalue weighted by atomic mass is 10.1. The van der Waals surface area contributed by atoms with Gasteiger partial charge in [0, 0.05) is 17.0 Å². The van der Waals surface area contributed by atoms with Crippen molar-refractivity contribution in [2.24, 2.45) is 0 Å². The van der Waals surface area contributed by atoms with Gasteiger partial charge in [0.05, 0.1) is 6.20 Å². The molecule has 4 heteroatoms. The molecule has 108 valence electrons. The van der Waals surface area contributed by atoms with Crippen LogP contribution in [0, 0.1) is 6.92 Å². The zero-order valence-corrected chi connectivity index (χ0v) is 12.8. The third kappa shape index (κ3) is 4.09. The number of benzene rings is 1. The maximum Gasteiger partial charge on any atom is 0.194 e. The van der Waals surface area contributed by atoms with Crippen LogP contribution in [0.3, 0.4) is 0 Å². The van der Waals surface area contributed by atoms with Crippen LogP contribution in [-0.2, 0) is 6.42 Å². The number of nitrogens with zero attached hydrogens (tertiary/aromatic N) is 1. The molecule has 1 aromatic heterocycles. The summed E-state index contributed by atoms with van der Waals surface area (Å²) in [6.07, 6.45) is 4.86. The molecule has 0 spiro atoms. The smallest absolute Gasteiger partial charge is 0.194 e. The summed E-state index contributed by atoms with van der Waals surface area (Å²) in [5, 5.41) is 4.15. The molecule has 1 N–H and O–H groups in total. The predicted octanol–water partition coefficient (Wildman–Crippen LogP) is 4.24. The highest BCUT2D eigenvalue weighted by molar-refractivity contribution is 6.31.